The largest absolute Gasteiger partial charge is 0.333 e. The van der Waals surface area contributed by atoms with Gasteiger partial charge in [-0.1, -0.05) is 29.0 Å². The lowest BCUT2D eigenvalue weighted by atomic mass is 10.2. The summed E-state index contributed by atoms with van der Waals surface area (Å²) in [5.74, 6) is -0.273. The Hall–Kier alpha value is -2.90. The summed E-state index contributed by atoms with van der Waals surface area (Å²) in [6.45, 7) is 4.22. The van der Waals surface area contributed by atoms with E-state index in [1.54, 1.807) is 24.3 Å². The van der Waals surface area contributed by atoms with Crippen molar-refractivity contribution in [1.82, 2.24) is 14.7 Å². The number of urea groups is 1. The molecule has 5 nitrogen and oxygen atoms in total. The smallest absolute Gasteiger partial charge is 0.319 e. The van der Waals surface area contributed by atoms with Gasteiger partial charge < -0.3 is 10.6 Å². The van der Waals surface area contributed by atoms with Crippen LogP contribution in [0.15, 0.2) is 48.7 Å². The minimum atomic E-state index is -0.298. The molecular weight excluding hydrogens is 411 g/mol. The Morgan fingerprint density at radius 3 is 2.69 bits per heavy atom. The molecule has 2 aromatic carbocycles. The van der Waals surface area contributed by atoms with Crippen LogP contribution in [0.4, 0.5) is 14.9 Å². The van der Waals surface area contributed by atoms with Gasteiger partial charge in [-0.25, -0.2) is 14.2 Å². The molecule has 8 heteroatoms. The standard InChI is InChI=1S/C21H18ClFN4OS/c1-12-16(22)4-3-5-17(12)25-20(28)24-10-19-13(2)27-11-18(26-21(27)29-19)14-6-8-15(23)9-7-14/h3-9,11H,10H2,1-2H3,(H2,24,25,28). The number of fused-ring (bicyclic) bond motifs is 1. The van der Waals surface area contributed by atoms with Gasteiger partial charge in [-0.3, -0.25) is 4.40 Å². The second kappa shape index (κ2) is 7.85. The zero-order valence-electron chi connectivity index (χ0n) is 15.8. The maximum atomic E-state index is 13.1. The Morgan fingerprint density at radius 2 is 1.97 bits per heavy atom. The van der Waals surface area contributed by atoms with Crippen molar-refractivity contribution in [2.45, 2.75) is 20.4 Å². The molecule has 148 valence electrons. The summed E-state index contributed by atoms with van der Waals surface area (Å²) in [5.41, 5.74) is 4.15. The number of rotatable bonds is 4. The fraction of sp³-hybridized carbons (Fsp3) is 0.143. The van der Waals surface area contributed by atoms with E-state index < -0.39 is 0 Å². The van der Waals surface area contributed by atoms with E-state index in [1.807, 2.05) is 30.5 Å². The molecule has 29 heavy (non-hydrogen) atoms. The number of nitrogens with zero attached hydrogens (tertiary/aromatic N) is 2. The van der Waals surface area contributed by atoms with Crippen LogP contribution in [0.5, 0.6) is 0 Å². The van der Waals surface area contributed by atoms with Gasteiger partial charge in [-0.15, -0.1) is 0 Å². The third kappa shape index (κ3) is 3.97. The molecule has 4 rings (SSSR count). The van der Waals surface area contributed by atoms with Crippen molar-refractivity contribution in [3.8, 4) is 11.3 Å². The lowest BCUT2D eigenvalue weighted by molar-refractivity contribution is 0.252. The van der Waals surface area contributed by atoms with E-state index in [9.17, 15) is 9.18 Å². The number of halogens is 2. The molecule has 2 aromatic heterocycles. The minimum Gasteiger partial charge on any atom is -0.333 e. The molecular formula is C21H18ClFN4OS. The van der Waals surface area contributed by atoms with Crippen LogP contribution < -0.4 is 10.6 Å². The number of thiazole rings is 1. The van der Waals surface area contributed by atoms with E-state index in [1.165, 1.54) is 23.5 Å². The molecule has 0 unspecified atom stereocenters. The highest BCUT2D eigenvalue weighted by Crippen LogP contribution is 2.27. The monoisotopic (exact) mass is 428 g/mol. The highest BCUT2D eigenvalue weighted by atomic mass is 35.5. The number of hydrogen-bond acceptors (Lipinski definition) is 3. The van der Waals surface area contributed by atoms with Crippen LogP contribution in [-0.2, 0) is 6.54 Å². The molecule has 0 atom stereocenters. The van der Waals surface area contributed by atoms with Gasteiger partial charge in [-0.2, -0.15) is 0 Å². The summed E-state index contributed by atoms with van der Waals surface area (Å²) >= 11 is 7.60. The highest BCUT2D eigenvalue weighted by Gasteiger charge is 2.14. The van der Waals surface area contributed by atoms with Gasteiger partial charge in [0.2, 0.25) is 0 Å². The number of carbonyl (C=O) groups excluding carboxylic acids is 1. The molecule has 0 saturated heterocycles. The zero-order valence-corrected chi connectivity index (χ0v) is 17.4. The van der Waals surface area contributed by atoms with E-state index in [2.05, 4.69) is 15.6 Å². The van der Waals surface area contributed by atoms with Crippen LogP contribution in [0.2, 0.25) is 5.02 Å². The van der Waals surface area contributed by atoms with E-state index in [-0.39, 0.29) is 11.8 Å². The van der Waals surface area contributed by atoms with E-state index in [0.717, 1.165) is 32.4 Å². The Morgan fingerprint density at radius 1 is 1.21 bits per heavy atom. The van der Waals surface area contributed by atoms with Crippen molar-refractivity contribution in [2.75, 3.05) is 5.32 Å². The van der Waals surface area contributed by atoms with E-state index in [0.29, 0.717) is 17.3 Å². The molecule has 4 aromatic rings. The summed E-state index contributed by atoms with van der Waals surface area (Å²) in [6.07, 6.45) is 1.92. The third-order valence-electron chi connectivity index (χ3n) is 4.72. The lowest BCUT2D eigenvalue weighted by Gasteiger charge is -2.10. The quantitative estimate of drug-likeness (QED) is 0.432. The van der Waals surface area contributed by atoms with Gasteiger partial charge in [0.05, 0.1) is 12.2 Å². The number of imidazole rings is 1. The van der Waals surface area contributed by atoms with Crippen LogP contribution in [0, 0.1) is 19.7 Å². The number of nitrogens with one attached hydrogen (secondary N) is 2. The Labute approximate surface area is 176 Å². The second-order valence-corrected chi connectivity index (χ2v) is 8.09. The van der Waals surface area contributed by atoms with Crippen LogP contribution in [0.25, 0.3) is 16.2 Å². The maximum absolute atomic E-state index is 13.1. The Balaban J connectivity index is 1.46. The van der Waals surface area contributed by atoms with Crippen molar-refractivity contribution < 1.29 is 9.18 Å². The van der Waals surface area contributed by atoms with E-state index in [4.69, 9.17) is 11.6 Å². The number of aryl methyl sites for hydroxylation is 1. The number of anilines is 1. The van der Waals surface area contributed by atoms with Crippen LogP contribution in [0.3, 0.4) is 0 Å². The van der Waals surface area contributed by atoms with Crippen molar-refractivity contribution in [3.05, 3.63) is 75.6 Å². The van der Waals surface area contributed by atoms with Gasteiger partial charge in [0.25, 0.3) is 0 Å². The normalized spacial score (nSPS) is 11.0. The maximum Gasteiger partial charge on any atom is 0.319 e. The molecule has 0 aliphatic heterocycles. The van der Waals surface area contributed by atoms with Gasteiger partial charge in [-0.05, 0) is 55.8 Å². The van der Waals surface area contributed by atoms with Gasteiger partial charge >= 0.3 is 6.03 Å². The Kier molecular flexibility index (Phi) is 5.25. The number of carbonyl (C=O) groups is 1. The predicted octanol–water partition coefficient (Wildman–Crippen LogP) is 5.79. The molecule has 0 fully saturated rings. The lowest BCUT2D eigenvalue weighted by Crippen LogP contribution is -2.28. The molecule has 0 aliphatic carbocycles. The first-order chi connectivity index (χ1) is 13.9. The fourth-order valence-electron chi connectivity index (χ4n) is 2.99. The summed E-state index contributed by atoms with van der Waals surface area (Å²) in [6, 6.07) is 11.3. The van der Waals surface area contributed by atoms with Crippen molar-refractivity contribution in [2.24, 2.45) is 0 Å². The zero-order chi connectivity index (χ0) is 20.5. The topological polar surface area (TPSA) is 58.4 Å². The number of aromatic nitrogens is 2. The molecule has 0 spiro atoms. The van der Waals surface area contributed by atoms with Crippen LogP contribution >= 0.6 is 22.9 Å². The van der Waals surface area contributed by atoms with Gasteiger partial charge in [0, 0.05) is 33.0 Å². The van der Waals surface area contributed by atoms with Crippen LogP contribution in [0.1, 0.15) is 16.1 Å². The average Bonchev–Trinajstić information content (AvgIpc) is 3.24. The molecule has 2 amide bonds. The molecule has 0 radical (unpaired) electrons. The van der Waals surface area contributed by atoms with E-state index >= 15 is 0 Å². The van der Waals surface area contributed by atoms with Crippen molar-refractivity contribution in [1.29, 1.82) is 0 Å². The highest BCUT2D eigenvalue weighted by molar-refractivity contribution is 7.17. The summed E-state index contributed by atoms with van der Waals surface area (Å²) in [7, 11) is 0. The van der Waals surface area contributed by atoms with Gasteiger partial charge in [0.1, 0.15) is 5.82 Å². The molecule has 0 bridgehead atoms. The second-order valence-electron chi connectivity index (χ2n) is 6.62. The number of amides is 2. The summed E-state index contributed by atoms with van der Waals surface area (Å²) < 4.78 is 15.1. The summed E-state index contributed by atoms with van der Waals surface area (Å²) in [5, 5.41) is 6.30. The van der Waals surface area contributed by atoms with Gasteiger partial charge in [0.15, 0.2) is 4.96 Å². The minimum absolute atomic E-state index is 0.273. The number of hydrogen-bond donors (Lipinski definition) is 2. The van der Waals surface area contributed by atoms with Crippen molar-refractivity contribution in [3.63, 3.8) is 0 Å². The van der Waals surface area contributed by atoms with Crippen molar-refractivity contribution >= 4 is 39.6 Å². The predicted molar refractivity (Wildman–Crippen MR) is 115 cm³/mol. The number of benzene rings is 2. The molecule has 2 heterocycles. The molecule has 0 aliphatic rings. The Bertz CT molecular complexity index is 1200. The first kappa shape index (κ1) is 19.4. The first-order valence-electron chi connectivity index (χ1n) is 8.95. The third-order valence-corrected chi connectivity index (χ3v) is 6.28. The van der Waals surface area contributed by atoms with Crippen LogP contribution in [-0.4, -0.2) is 15.4 Å². The SMILES string of the molecule is Cc1c(Cl)cccc1NC(=O)NCc1sc2nc(-c3ccc(F)cc3)cn2c1C. The molecule has 2 N–H and O–H groups in total. The fourth-order valence-corrected chi connectivity index (χ4v) is 4.20. The first-order valence-corrected chi connectivity index (χ1v) is 10.1. The average molecular weight is 429 g/mol. The molecule has 0 saturated carbocycles. The summed E-state index contributed by atoms with van der Waals surface area (Å²) in [4.78, 5) is 18.7.